The van der Waals surface area contributed by atoms with E-state index in [0.717, 1.165) is 0 Å². The van der Waals surface area contributed by atoms with Gasteiger partial charge >= 0.3 is 18.1 Å². The molecule has 0 rings (SSSR count). The smallest absolute Gasteiger partial charge is 0.481 e. The van der Waals surface area contributed by atoms with Gasteiger partial charge in [-0.15, -0.1) is 0 Å². The Hall–Kier alpha value is -2.05. The number of aliphatic carboxylic acids is 1. The molecule has 0 bridgehead atoms. The zero-order valence-corrected chi connectivity index (χ0v) is 7.80. The van der Waals surface area contributed by atoms with Crippen LogP contribution in [0.3, 0.4) is 0 Å². The van der Waals surface area contributed by atoms with Crippen molar-refractivity contribution in [3.05, 3.63) is 12.7 Å². The molecule has 1 N–H and O–H groups in total. The Morgan fingerprint density at radius 2 is 1.87 bits per heavy atom. The van der Waals surface area contributed by atoms with Crippen LogP contribution in [0.4, 0.5) is 4.79 Å². The summed E-state index contributed by atoms with van der Waals surface area (Å²) in [5.41, 5.74) is 0. The topological polar surface area (TPSA) is 99.1 Å². The number of carbonyl (C=O) groups excluding carboxylic acids is 2. The highest BCUT2D eigenvalue weighted by Crippen LogP contribution is 1.95. The molecule has 15 heavy (non-hydrogen) atoms. The SMILES string of the molecule is C=CCOC(=O)OOC(=O)CCC(=O)O. The van der Waals surface area contributed by atoms with Crippen molar-refractivity contribution in [3.8, 4) is 0 Å². The molecule has 0 atom stereocenters. The van der Waals surface area contributed by atoms with Crippen LogP contribution in [0.1, 0.15) is 12.8 Å². The van der Waals surface area contributed by atoms with Crippen LogP contribution in [0.25, 0.3) is 0 Å². The van der Waals surface area contributed by atoms with Gasteiger partial charge in [-0.05, 0) is 0 Å². The van der Waals surface area contributed by atoms with Crippen LogP contribution in [-0.4, -0.2) is 29.8 Å². The molecule has 0 aromatic heterocycles. The van der Waals surface area contributed by atoms with Gasteiger partial charge in [0.15, 0.2) is 0 Å². The Kier molecular flexibility index (Phi) is 6.36. The van der Waals surface area contributed by atoms with E-state index >= 15 is 0 Å². The Balaban J connectivity index is 3.57. The highest BCUT2D eigenvalue weighted by molar-refractivity contribution is 5.76. The predicted molar refractivity (Wildman–Crippen MR) is 45.6 cm³/mol. The second kappa shape index (κ2) is 7.36. The van der Waals surface area contributed by atoms with Crippen molar-refractivity contribution in [2.24, 2.45) is 0 Å². The summed E-state index contributed by atoms with van der Waals surface area (Å²) in [6, 6.07) is 0. The number of carbonyl (C=O) groups is 3. The first-order valence-electron chi connectivity index (χ1n) is 3.93. The Morgan fingerprint density at radius 1 is 1.20 bits per heavy atom. The molecule has 0 spiro atoms. The van der Waals surface area contributed by atoms with Gasteiger partial charge in [-0.3, -0.25) is 4.79 Å². The average Bonchev–Trinajstić information content (AvgIpc) is 2.20. The summed E-state index contributed by atoms with van der Waals surface area (Å²) in [5, 5.41) is 8.20. The molecule has 0 unspecified atom stereocenters. The van der Waals surface area contributed by atoms with Crippen LogP contribution in [0.15, 0.2) is 12.7 Å². The van der Waals surface area contributed by atoms with Gasteiger partial charge in [-0.2, -0.15) is 4.79 Å². The minimum absolute atomic E-state index is 0.0779. The maximum Gasteiger partial charge on any atom is 0.550 e. The summed E-state index contributed by atoms with van der Waals surface area (Å²) in [5.74, 6) is -2.12. The zero-order chi connectivity index (χ0) is 11.7. The number of ether oxygens (including phenoxy) is 1. The van der Waals surface area contributed by atoms with Crippen molar-refractivity contribution in [2.75, 3.05) is 6.61 Å². The van der Waals surface area contributed by atoms with Gasteiger partial charge in [0, 0.05) is 0 Å². The maximum atomic E-state index is 10.7. The molecule has 0 aromatic carbocycles. The fraction of sp³-hybridized carbons (Fsp3) is 0.375. The highest BCUT2D eigenvalue weighted by atomic mass is 17.2. The van der Waals surface area contributed by atoms with Gasteiger partial charge < -0.3 is 9.84 Å². The Labute approximate surface area is 85.2 Å². The van der Waals surface area contributed by atoms with Gasteiger partial charge in [0.25, 0.3) is 0 Å². The van der Waals surface area contributed by atoms with E-state index in [1.54, 1.807) is 0 Å². The molecule has 0 radical (unpaired) electrons. The molecule has 0 heterocycles. The minimum Gasteiger partial charge on any atom is -0.481 e. The van der Waals surface area contributed by atoms with E-state index < -0.39 is 24.5 Å². The standard InChI is InChI=1S/C8H10O7/c1-2-5-13-8(12)15-14-7(11)4-3-6(9)10/h2H,1,3-5H2,(H,9,10). The molecule has 7 heteroatoms. The molecule has 0 aliphatic heterocycles. The van der Waals surface area contributed by atoms with Crippen molar-refractivity contribution < 1.29 is 34.0 Å². The summed E-state index contributed by atoms with van der Waals surface area (Å²) in [6.45, 7) is 3.19. The quantitative estimate of drug-likeness (QED) is 0.313. The second-order valence-electron chi connectivity index (χ2n) is 2.28. The van der Waals surface area contributed by atoms with Crippen LogP contribution in [0.5, 0.6) is 0 Å². The van der Waals surface area contributed by atoms with Gasteiger partial charge in [0.1, 0.15) is 6.61 Å². The fourth-order valence-electron chi connectivity index (χ4n) is 0.482. The molecule has 84 valence electrons. The summed E-state index contributed by atoms with van der Waals surface area (Å²) in [4.78, 5) is 39.1. The molecule has 7 nitrogen and oxygen atoms in total. The van der Waals surface area contributed by atoms with Gasteiger partial charge in [0.2, 0.25) is 0 Å². The van der Waals surface area contributed by atoms with Crippen molar-refractivity contribution in [1.29, 1.82) is 0 Å². The molecular formula is C8H10O7. The van der Waals surface area contributed by atoms with E-state index in [4.69, 9.17) is 5.11 Å². The summed E-state index contributed by atoms with van der Waals surface area (Å²) in [7, 11) is 0. The number of hydrogen-bond donors (Lipinski definition) is 1. The van der Waals surface area contributed by atoms with Crippen LogP contribution >= 0.6 is 0 Å². The molecule has 0 amide bonds. The zero-order valence-electron chi connectivity index (χ0n) is 7.80. The lowest BCUT2D eigenvalue weighted by atomic mass is 10.3. The van der Waals surface area contributed by atoms with E-state index in [2.05, 4.69) is 21.1 Å². The molecule has 0 saturated carbocycles. The van der Waals surface area contributed by atoms with E-state index in [0.29, 0.717) is 0 Å². The highest BCUT2D eigenvalue weighted by Gasteiger charge is 2.11. The first kappa shape index (κ1) is 12.9. The van der Waals surface area contributed by atoms with Crippen molar-refractivity contribution >= 4 is 18.1 Å². The lowest BCUT2D eigenvalue weighted by molar-refractivity contribution is -0.243. The molecule has 0 aromatic rings. The first-order valence-corrected chi connectivity index (χ1v) is 3.93. The fourth-order valence-corrected chi connectivity index (χ4v) is 0.482. The molecule has 0 aliphatic carbocycles. The van der Waals surface area contributed by atoms with Crippen molar-refractivity contribution in [3.63, 3.8) is 0 Å². The number of rotatable bonds is 5. The third-order valence-corrected chi connectivity index (χ3v) is 1.06. The second-order valence-corrected chi connectivity index (χ2v) is 2.28. The lowest BCUT2D eigenvalue weighted by Crippen LogP contribution is -2.13. The number of carboxylic acid groups (broad SMARTS) is 1. The third kappa shape index (κ3) is 8.28. The van der Waals surface area contributed by atoms with E-state index in [-0.39, 0.29) is 13.0 Å². The summed E-state index contributed by atoms with van der Waals surface area (Å²) >= 11 is 0. The third-order valence-electron chi connectivity index (χ3n) is 1.06. The van der Waals surface area contributed by atoms with Crippen LogP contribution in [-0.2, 0) is 24.1 Å². The van der Waals surface area contributed by atoms with Gasteiger partial charge in [-0.1, -0.05) is 12.7 Å². The minimum atomic E-state index is -1.20. The van der Waals surface area contributed by atoms with E-state index in [9.17, 15) is 14.4 Å². The first-order chi connectivity index (χ1) is 7.06. The number of carboxylic acids is 1. The van der Waals surface area contributed by atoms with Crippen LogP contribution in [0.2, 0.25) is 0 Å². The van der Waals surface area contributed by atoms with Crippen molar-refractivity contribution in [1.82, 2.24) is 0 Å². The van der Waals surface area contributed by atoms with Crippen LogP contribution in [0, 0.1) is 0 Å². The largest absolute Gasteiger partial charge is 0.550 e. The van der Waals surface area contributed by atoms with Gasteiger partial charge in [-0.25, -0.2) is 14.6 Å². The molecule has 0 aliphatic rings. The van der Waals surface area contributed by atoms with E-state index in [1.165, 1.54) is 6.08 Å². The van der Waals surface area contributed by atoms with Gasteiger partial charge in [0.05, 0.1) is 12.8 Å². The maximum absolute atomic E-state index is 10.7. The summed E-state index contributed by atoms with van der Waals surface area (Å²) in [6.07, 6.45) is -0.680. The molecule has 0 fully saturated rings. The molecule has 0 saturated heterocycles. The van der Waals surface area contributed by atoms with Crippen LogP contribution < -0.4 is 0 Å². The lowest BCUT2D eigenvalue weighted by Gasteiger charge is -2.01. The monoisotopic (exact) mass is 218 g/mol. The number of hydrogen-bond acceptors (Lipinski definition) is 6. The Bertz CT molecular complexity index is 258. The molecular weight excluding hydrogens is 208 g/mol. The average molecular weight is 218 g/mol. The normalized spacial score (nSPS) is 8.80. The van der Waals surface area contributed by atoms with Crippen molar-refractivity contribution in [2.45, 2.75) is 12.8 Å². The van der Waals surface area contributed by atoms with E-state index in [1.807, 2.05) is 0 Å². The predicted octanol–water partition coefficient (Wildman–Crippen LogP) is 0.649. The summed E-state index contributed by atoms with van der Waals surface area (Å²) < 4.78 is 4.29. The Morgan fingerprint density at radius 3 is 2.40 bits per heavy atom.